The number of hydrogen-bond acceptors (Lipinski definition) is 4. The number of carbonyl (C=O) groups is 1. The molecule has 0 aromatic heterocycles. The second-order valence-corrected chi connectivity index (χ2v) is 7.78. The molecule has 0 fully saturated rings. The fraction of sp³-hybridized carbons (Fsp3) is 0.636. The monoisotopic (exact) mass is 405 g/mol. The summed E-state index contributed by atoms with van der Waals surface area (Å²) in [4.78, 5) is 18.8. The maximum absolute atomic E-state index is 11.7. The fourth-order valence-corrected chi connectivity index (χ4v) is 2.72. The van der Waals surface area contributed by atoms with E-state index in [4.69, 9.17) is 9.73 Å². The molecule has 0 bridgehead atoms. The van der Waals surface area contributed by atoms with Gasteiger partial charge in [-0.3, -0.25) is 4.90 Å². The molecule has 0 spiro atoms. The zero-order chi connectivity index (χ0) is 21.7. The summed E-state index contributed by atoms with van der Waals surface area (Å²) in [5, 5.41) is 9.24. The minimum Gasteiger partial charge on any atom is -0.444 e. The van der Waals surface area contributed by atoms with Crippen molar-refractivity contribution in [3.63, 3.8) is 0 Å². The summed E-state index contributed by atoms with van der Waals surface area (Å²) >= 11 is 0. The fourth-order valence-electron chi connectivity index (χ4n) is 2.72. The summed E-state index contributed by atoms with van der Waals surface area (Å²) in [6.45, 7) is 17.3. The number of benzene rings is 1. The summed E-state index contributed by atoms with van der Waals surface area (Å²) < 4.78 is 5.23. The van der Waals surface area contributed by atoms with Gasteiger partial charge in [0.25, 0.3) is 0 Å². The van der Waals surface area contributed by atoms with Gasteiger partial charge in [0.1, 0.15) is 5.60 Å². The highest BCUT2D eigenvalue weighted by atomic mass is 16.6. The van der Waals surface area contributed by atoms with Crippen LogP contribution < -0.4 is 16.0 Å². The molecule has 0 radical (unpaired) electrons. The summed E-state index contributed by atoms with van der Waals surface area (Å²) in [6.07, 6.45) is -0.411. The van der Waals surface area contributed by atoms with Crippen LogP contribution in [0.5, 0.6) is 0 Å². The molecular formula is C22H39N5O2. The average molecular weight is 406 g/mol. The van der Waals surface area contributed by atoms with Crippen LogP contribution in [-0.2, 0) is 17.8 Å². The van der Waals surface area contributed by atoms with Gasteiger partial charge < -0.3 is 20.7 Å². The first-order chi connectivity index (χ1) is 13.8. The van der Waals surface area contributed by atoms with E-state index in [0.717, 1.165) is 32.1 Å². The van der Waals surface area contributed by atoms with Crippen LogP contribution in [0.4, 0.5) is 4.79 Å². The molecule has 0 aliphatic heterocycles. The van der Waals surface area contributed by atoms with E-state index in [1.165, 1.54) is 11.1 Å². The molecule has 29 heavy (non-hydrogen) atoms. The number of amides is 1. The number of carbonyl (C=O) groups excluding carboxylic acids is 1. The molecule has 164 valence electrons. The molecular weight excluding hydrogens is 366 g/mol. The van der Waals surface area contributed by atoms with Gasteiger partial charge in [-0.15, -0.1) is 0 Å². The van der Waals surface area contributed by atoms with Gasteiger partial charge in [0.15, 0.2) is 5.96 Å². The Labute approximate surface area is 176 Å². The zero-order valence-electron chi connectivity index (χ0n) is 19.0. The normalized spacial score (nSPS) is 12.0. The van der Waals surface area contributed by atoms with Gasteiger partial charge in [-0.25, -0.2) is 9.79 Å². The molecule has 0 aliphatic rings. The highest BCUT2D eigenvalue weighted by Crippen LogP contribution is 2.13. The van der Waals surface area contributed by atoms with Crippen molar-refractivity contribution in [2.24, 2.45) is 4.99 Å². The van der Waals surface area contributed by atoms with Crippen molar-refractivity contribution in [1.29, 1.82) is 0 Å². The summed E-state index contributed by atoms with van der Waals surface area (Å²) in [5.41, 5.74) is 2.04. The number of aliphatic imine (C=N–C) groups is 1. The summed E-state index contributed by atoms with van der Waals surface area (Å²) in [5.74, 6) is 0.733. The van der Waals surface area contributed by atoms with Crippen LogP contribution in [-0.4, -0.2) is 55.3 Å². The predicted octanol–water partition coefficient (Wildman–Crippen LogP) is 3.11. The Bertz CT molecular complexity index is 636. The molecule has 0 atom stereocenters. The van der Waals surface area contributed by atoms with Gasteiger partial charge in [-0.1, -0.05) is 38.1 Å². The Morgan fingerprint density at radius 2 is 1.62 bits per heavy atom. The van der Waals surface area contributed by atoms with Crippen molar-refractivity contribution in [3.05, 3.63) is 35.4 Å². The van der Waals surface area contributed by atoms with E-state index in [0.29, 0.717) is 19.6 Å². The lowest BCUT2D eigenvalue weighted by molar-refractivity contribution is 0.0529. The van der Waals surface area contributed by atoms with Crippen molar-refractivity contribution in [1.82, 2.24) is 20.9 Å². The van der Waals surface area contributed by atoms with E-state index in [-0.39, 0.29) is 0 Å². The van der Waals surface area contributed by atoms with Crippen LogP contribution in [0.1, 0.15) is 52.7 Å². The smallest absolute Gasteiger partial charge is 0.407 e. The molecule has 0 unspecified atom stereocenters. The van der Waals surface area contributed by atoms with E-state index >= 15 is 0 Å². The molecule has 1 rings (SSSR count). The minimum absolute atomic E-state index is 0.411. The van der Waals surface area contributed by atoms with E-state index in [9.17, 15) is 4.79 Å². The molecule has 0 aliphatic carbocycles. The molecule has 0 saturated heterocycles. The lowest BCUT2D eigenvalue weighted by Crippen LogP contribution is -2.42. The second-order valence-electron chi connectivity index (χ2n) is 7.78. The Hall–Kier alpha value is -2.28. The van der Waals surface area contributed by atoms with Gasteiger partial charge in [-0.2, -0.15) is 0 Å². The topological polar surface area (TPSA) is 78.0 Å². The van der Waals surface area contributed by atoms with Crippen LogP contribution in [0, 0.1) is 0 Å². The maximum atomic E-state index is 11.7. The molecule has 0 saturated carbocycles. The largest absolute Gasteiger partial charge is 0.444 e. The van der Waals surface area contributed by atoms with Crippen LogP contribution in [0.25, 0.3) is 0 Å². The van der Waals surface area contributed by atoms with Crippen LogP contribution in [0.2, 0.25) is 0 Å². The van der Waals surface area contributed by atoms with E-state index in [1.54, 1.807) is 0 Å². The number of nitrogens with zero attached hydrogens (tertiary/aromatic N) is 2. The van der Waals surface area contributed by atoms with Gasteiger partial charge in [0.05, 0.1) is 6.54 Å². The Kier molecular flexibility index (Phi) is 11.1. The SMILES string of the molecule is CCNC(=NCc1ccccc1CN(CC)CC)NCCNC(=O)OC(C)(C)C. The number of ether oxygens (including phenoxy) is 1. The molecule has 1 aromatic carbocycles. The molecule has 1 aromatic rings. The first kappa shape index (κ1) is 24.8. The van der Waals surface area contributed by atoms with Crippen molar-refractivity contribution in [2.45, 2.75) is 60.2 Å². The Morgan fingerprint density at radius 1 is 1.00 bits per heavy atom. The number of rotatable bonds is 10. The second kappa shape index (κ2) is 13.0. The summed E-state index contributed by atoms with van der Waals surface area (Å²) in [6, 6.07) is 8.45. The third kappa shape index (κ3) is 10.7. The number of guanidine groups is 1. The van der Waals surface area contributed by atoms with Crippen LogP contribution >= 0.6 is 0 Å². The van der Waals surface area contributed by atoms with Crippen molar-refractivity contribution < 1.29 is 9.53 Å². The lowest BCUT2D eigenvalue weighted by Gasteiger charge is -2.20. The standard InChI is InChI=1S/C22H39N5O2/c1-7-23-20(24-14-15-25-21(28)29-22(4,5)6)26-16-18-12-10-11-13-19(18)17-27(8-2)9-3/h10-13H,7-9,14-17H2,1-6H3,(H,25,28)(H2,23,24,26). The van der Waals surface area contributed by atoms with Gasteiger partial charge in [0.2, 0.25) is 0 Å². The Morgan fingerprint density at radius 3 is 2.21 bits per heavy atom. The van der Waals surface area contributed by atoms with Crippen LogP contribution in [0.3, 0.4) is 0 Å². The van der Waals surface area contributed by atoms with Gasteiger partial charge >= 0.3 is 6.09 Å². The Balaban J connectivity index is 2.61. The molecule has 3 N–H and O–H groups in total. The molecule has 7 heteroatoms. The molecule has 1 amide bonds. The van der Waals surface area contributed by atoms with Crippen molar-refractivity contribution >= 4 is 12.1 Å². The third-order valence-electron chi connectivity index (χ3n) is 4.24. The molecule has 7 nitrogen and oxygen atoms in total. The van der Waals surface area contributed by atoms with E-state index in [1.807, 2.05) is 27.7 Å². The zero-order valence-corrected chi connectivity index (χ0v) is 19.0. The summed E-state index contributed by atoms with van der Waals surface area (Å²) in [7, 11) is 0. The predicted molar refractivity (Wildman–Crippen MR) is 120 cm³/mol. The van der Waals surface area contributed by atoms with Gasteiger partial charge in [-0.05, 0) is 51.9 Å². The maximum Gasteiger partial charge on any atom is 0.407 e. The first-order valence-corrected chi connectivity index (χ1v) is 10.6. The highest BCUT2D eigenvalue weighted by molar-refractivity contribution is 5.79. The average Bonchev–Trinajstić information content (AvgIpc) is 2.66. The number of nitrogens with one attached hydrogen (secondary N) is 3. The highest BCUT2D eigenvalue weighted by Gasteiger charge is 2.15. The molecule has 0 heterocycles. The van der Waals surface area contributed by atoms with Gasteiger partial charge in [0, 0.05) is 26.2 Å². The quantitative estimate of drug-likeness (QED) is 0.317. The van der Waals surface area contributed by atoms with Crippen molar-refractivity contribution in [3.8, 4) is 0 Å². The van der Waals surface area contributed by atoms with E-state index < -0.39 is 11.7 Å². The number of alkyl carbamates (subject to hydrolysis) is 1. The van der Waals surface area contributed by atoms with Crippen LogP contribution in [0.15, 0.2) is 29.3 Å². The third-order valence-corrected chi connectivity index (χ3v) is 4.24. The van der Waals surface area contributed by atoms with Crippen molar-refractivity contribution in [2.75, 3.05) is 32.7 Å². The van der Waals surface area contributed by atoms with E-state index in [2.05, 4.69) is 59.0 Å². The first-order valence-electron chi connectivity index (χ1n) is 10.6. The number of hydrogen-bond donors (Lipinski definition) is 3. The minimum atomic E-state index is -0.494. The lowest BCUT2D eigenvalue weighted by atomic mass is 10.1.